The first-order valence-electron chi connectivity index (χ1n) is 9.12. The Hall–Kier alpha value is -2.75. The maximum absolute atomic E-state index is 13.8. The van der Waals surface area contributed by atoms with E-state index in [1.54, 1.807) is 30.6 Å². The van der Waals surface area contributed by atoms with Crippen molar-refractivity contribution < 1.29 is 18.6 Å². The van der Waals surface area contributed by atoms with Gasteiger partial charge in [-0.3, -0.25) is 4.98 Å². The van der Waals surface area contributed by atoms with Gasteiger partial charge in [0, 0.05) is 45.4 Å². The molecular weight excluding hydrogens is 398 g/mol. The number of rotatable bonds is 3. The van der Waals surface area contributed by atoms with Crippen molar-refractivity contribution in [3.63, 3.8) is 0 Å². The van der Waals surface area contributed by atoms with Gasteiger partial charge in [0.05, 0.1) is 18.8 Å². The van der Waals surface area contributed by atoms with E-state index in [1.165, 1.54) is 0 Å². The number of thiophene rings is 1. The van der Waals surface area contributed by atoms with Crippen LogP contribution in [-0.4, -0.2) is 45.6 Å². The van der Waals surface area contributed by atoms with Crippen molar-refractivity contribution >= 4 is 38.0 Å². The van der Waals surface area contributed by atoms with Crippen LogP contribution in [0.5, 0.6) is 0 Å². The fraction of sp³-hybridized carbons (Fsp3) is 0.250. The molecule has 6 nitrogen and oxygen atoms in total. The quantitative estimate of drug-likeness (QED) is 0.532. The van der Waals surface area contributed by atoms with Gasteiger partial charge in [-0.15, -0.1) is 21.5 Å². The molecule has 1 fully saturated rings. The molecule has 0 unspecified atom stereocenters. The van der Waals surface area contributed by atoms with E-state index in [-0.39, 0.29) is 18.0 Å². The second-order valence-electron chi connectivity index (χ2n) is 6.90. The first-order valence-corrected chi connectivity index (χ1v) is 9.94. The van der Waals surface area contributed by atoms with Gasteiger partial charge in [0.2, 0.25) is 5.13 Å². The van der Waals surface area contributed by atoms with Gasteiger partial charge in [0.1, 0.15) is 5.69 Å². The molecule has 0 saturated carbocycles. The number of aliphatic hydroxyl groups is 1. The van der Waals surface area contributed by atoms with E-state index in [4.69, 9.17) is 4.74 Å². The third-order valence-corrected chi connectivity index (χ3v) is 6.01. The Bertz CT molecular complexity index is 1220. The van der Waals surface area contributed by atoms with E-state index in [2.05, 4.69) is 20.5 Å². The predicted molar refractivity (Wildman–Crippen MR) is 107 cm³/mol. The number of benzene rings is 1. The maximum Gasteiger partial charge on any atom is 0.213 e. The minimum absolute atomic E-state index is 0.194. The molecule has 0 spiro atoms. The summed E-state index contributed by atoms with van der Waals surface area (Å²) >= 11 is 0.765. The molecule has 0 radical (unpaired) electrons. The lowest BCUT2D eigenvalue weighted by atomic mass is 10.0. The fourth-order valence-corrected chi connectivity index (χ4v) is 4.41. The lowest BCUT2D eigenvalue weighted by molar-refractivity contribution is -0.0135. The van der Waals surface area contributed by atoms with Crippen molar-refractivity contribution in [2.75, 3.05) is 18.5 Å². The lowest BCUT2D eigenvalue weighted by Crippen LogP contribution is -2.42. The van der Waals surface area contributed by atoms with Crippen LogP contribution >= 0.6 is 11.3 Å². The third kappa shape index (κ3) is 3.21. The predicted octanol–water partition coefficient (Wildman–Crippen LogP) is 3.75. The number of pyridine rings is 1. The van der Waals surface area contributed by atoms with E-state index in [1.807, 2.05) is 6.07 Å². The molecule has 148 valence electrons. The van der Waals surface area contributed by atoms with Crippen LogP contribution in [-0.2, 0) is 4.74 Å². The molecule has 1 aliphatic rings. The van der Waals surface area contributed by atoms with Crippen LogP contribution < -0.4 is 5.32 Å². The maximum atomic E-state index is 13.8. The molecule has 2 N–H and O–H groups in total. The number of anilines is 1. The van der Waals surface area contributed by atoms with E-state index in [9.17, 15) is 13.9 Å². The number of nitrogens with zero attached hydrogens (tertiary/aromatic N) is 3. The van der Waals surface area contributed by atoms with Crippen molar-refractivity contribution in [2.24, 2.45) is 0 Å². The molecule has 2 atom stereocenters. The van der Waals surface area contributed by atoms with Gasteiger partial charge in [-0.2, -0.15) is 4.39 Å². The second-order valence-corrected chi connectivity index (χ2v) is 7.90. The van der Waals surface area contributed by atoms with Crippen molar-refractivity contribution in [3.05, 3.63) is 47.6 Å². The highest BCUT2D eigenvalue weighted by atomic mass is 32.1. The Morgan fingerprint density at radius 1 is 1.14 bits per heavy atom. The molecule has 0 bridgehead atoms. The van der Waals surface area contributed by atoms with Crippen molar-refractivity contribution in [1.29, 1.82) is 0 Å². The van der Waals surface area contributed by atoms with Crippen molar-refractivity contribution in [3.8, 4) is 11.3 Å². The van der Waals surface area contributed by atoms with Crippen LogP contribution in [0.2, 0.25) is 0 Å². The van der Waals surface area contributed by atoms with Gasteiger partial charge < -0.3 is 15.2 Å². The third-order valence-electron chi connectivity index (χ3n) is 5.09. The zero-order valence-electron chi connectivity index (χ0n) is 15.1. The Morgan fingerprint density at radius 2 is 2.03 bits per heavy atom. The number of hydrogen-bond acceptors (Lipinski definition) is 7. The smallest absolute Gasteiger partial charge is 0.213 e. The molecule has 3 aromatic heterocycles. The zero-order valence-corrected chi connectivity index (χ0v) is 15.9. The number of aromatic nitrogens is 3. The summed E-state index contributed by atoms with van der Waals surface area (Å²) in [4.78, 5) is 4.19. The average molecular weight is 414 g/mol. The largest absolute Gasteiger partial charge is 0.389 e. The Morgan fingerprint density at radius 3 is 2.90 bits per heavy atom. The molecule has 5 rings (SSSR count). The summed E-state index contributed by atoms with van der Waals surface area (Å²) in [6, 6.07) is 6.60. The van der Waals surface area contributed by atoms with Crippen molar-refractivity contribution in [1.82, 2.24) is 15.2 Å². The summed E-state index contributed by atoms with van der Waals surface area (Å²) < 4.78 is 33.2. The standard InChI is InChI=1S/C20H16F2N4O2S/c21-17-12-2-1-10(7-16(12)29-19(17)22)18-11-3-5-23-8-13(11)20(26-25-18)24-14-4-6-28-9-15(14)27/h1-3,5,7-8,14-15,27H,4,6,9H2,(H,24,26)/t14-,15-/m1/s1. The van der Waals surface area contributed by atoms with E-state index >= 15 is 0 Å². The molecule has 0 aliphatic carbocycles. The number of ether oxygens (including phenoxy) is 1. The molecule has 1 aromatic carbocycles. The Labute approximate surface area is 168 Å². The van der Waals surface area contributed by atoms with Crippen LogP contribution in [0.15, 0.2) is 36.7 Å². The number of hydrogen-bond donors (Lipinski definition) is 2. The highest BCUT2D eigenvalue weighted by Gasteiger charge is 2.25. The number of nitrogens with one attached hydrogen (secondary N) is 1. The topological polar surface area (TPSA) is 80.2 Å². The fourth-order valence-electron chi connectivity index (χ4n) is 3.57. The Kier molecular flexibility index (Phi) is 4.57. The molecule has 1 saturated heterocycles. The summed E-state index contributed by atoms with van der Waals surface area (Å²) in [6.45, 7) is 0.831. The van der Waals surface area contributed by atoms with Crippen LogP contribution in [0, 0.1) is 10.9 Å². The monoisotopic (exact) mass is 414 g/mol. The molecule has 29 heavy (non-hydrogen) atoms. The van der Waals surface area contributed by atoms with E-state index in [0.717, 1.165) is 22.1 Å². The highest BCUT2D eigenvalue weighted by Crippen LogP contribution is 2.35. The van der Waals surface area contributed by atoms with Crippen molar-refractivity contribution in [2.45, 2.75) is 18.6 Å². The summed E-state index contributed by atoms with van der Waals surface area (Å²) in [5.74, 6) is -0.302. The first kappa shape index (κ1) is 18.3. The summed E-state index contributed by atoms with van der Waals surface area (Å²) in [5, 5.41) is 23.1. The highest BCUT2D eigenvalue weighted by molar-refractivity contribution is 7.17. The molecule has 1 aliphatic heterocycles. The minimum Gasteiger partial charge on any atom is -0.389 e. The molecule has 9 heteroatoms. The van der Waals surface area contributed by atoms with Crippen LogP contribution in [0.1, 0.15) is 6.42 Å². The van der Waals surface area contributed by atoms with Gasteiger partial charge >= 0.3 is 0 Å². The van der Waals surface area contributed by atoms with Gasteiger partial charge in [-0.25, -0.2) is 4.39 Å². The summed E-state index contributed by atoms with van der Waals surface area (Å²) in [6.07, 6.45) is 3.36. The zero-order chi connectivity index (χ0) is 20.0. The van der Waals surface area contributed by atoms with E-state index in [0.29, 0.717) is 34.8 Å². The van der Waals surface area contributed by atoms with E-state index < -0.39 is 17.1 Å². The molecule has 4 heterocycles. The number of halogens is 2. The number of fused-ring (bicyclic) bond motifs is 2. The van der Waals surface area contributed by atoms with Gasteiger partial charge in [0.15, 0.2) is 11.6 Å². The summed E-state index contributed by atoms with van der Waals surface area (Å²) in [7, 11) is 0. The van der Waals surface area contributed by atoms with Gasteiger partial charge in [-0.05, 0) is 24.6 Å². The second kappa shape index (κ2) is 7.25. The van der Waals surface area contributed by atoms with Crippen LogP contribution in [0.25, 0.3) is 32.1 Å². The Balaban J connectivity index is 1.59. The van der Waals surface area contributed by atoms with Gasteiger partial charge in [-0.1, -0.05) is 6.07 Å². The summed E-state index contributed by atoms with van der Waals surface area (Å²) in [5.41, 5.74) is 1.30. The molecular formula is C20H16F2N4O2S. The SMILES string of the molecule is O[C@@H]1COCC[C@H]1Nc1nnc(-c2ccc3c(F)c(F)sc3c2)c2ccncc12. The minimum atomic E-state index is -0.828. The van der Waals surface area contributed by atoms with Crippen LogP contribution in [0.3, 0.4) is 0 Å². The van der Waals surface area contributed by atoms with Gasteiger partial charge in [0.25, 0.3) is 0 Å². The normalized spacial score (nSPS) is 19.7. The number of aliphatic hydroxyl groups excluding tert-OH is 1. The lowest BCUT2D eigenvalue weighted by Gasteiger charge is -2.29. The first-order chi connectivity index (χ1) is 14.1. The molecule has 0 amide bonds. The molecule has 4 aromatic rings. The van der Waals surface area contributed by atoms with Crippen LogP contribution in [0.4, 0.5) is 14.6 Å². The average Bonchev–Trinajstić information content (AvgIpc) is 3.03.